The standard InChI is InChI=1S/C10H15N3O/c1-6-12-5-7(10(2,3)4)8(13-6)9(11)14/h5H,1-4H3,(H2,11,14). The Balaban J connectivity index is 3.37. The lowest BCUT2D eigenvalue weighted by molar-refractivity contribution is 0.0992. The Morgan fingerprint density at radius 1 is 1.43 bits per heavy atom. The Labute approximate surface area is 83.6 Å². The van der Waals surface area contributed by atoms with Crippen molar-refractivity contribution in [2.24, 2.45) is 5.73 Å². The van der Waals surface area contributed by atoms with Crippen molar-refractivity contribution >= 4 is 5.91 Å². The third kappa shape index (κ3) is 2.07. The lowest BCUT2D eigenvalue weighted by Gasteiger charge is -2.20. The molecular formula is C10H15N3O. The minimum absolute atomic E-state index is 0.169. The molecule has 0 saturated heterocycles. The average molecular weight is 193 g/mol. The van der Waals surface area contributed by atoms with Crippen LogP contribution in [0.4, 0.5) is 0 Å². The molecule has 1 rings (SSSR count). The van der Waals surface area contributed by atoms with Gasteiger partial charge in [-0.25, -0.2) is 9.97 Å². The van der Waals surface area contributed by atoms with Crippen LogP contribution in [0.1, 0.15) is 42.6 Å². The molecule has 4 heteroatoms. The number of nitrogens with zero attached hydrogens (tertiary/aromatic N) is 2. The van der Waals surface area contributed by atoms with E-state index in [0.29, 0.717) is 11.5 Å². The molecule has 0 aliphatic rings. The molecule has 0 spiro atoms. The third-order valence-corrected chi connectivity index (χ3v) is 1.95. The van der Waals surface area contributed by atoms with E-state index in [2.05, 4.69) is 9.97 Å². The Kier molecular flexibility index (Phi) is 2.55. The maximum Gasteiger partial charge on any atom is 0.267 e. The fourth-order valence-corrected chi connectivity index (χ4v) is 1.21. The minimum atomic E-state index is -0.500. The highest BCUT2D eigenvalue weighted by Crippen LogP contribution is 2.23. The van der Waals surface area contributed by atoms with Crippen molar-refractivity contribution in [3.05, 3.63) is 23.3 Å². The zero-order valence-electron chi connectivity index (χ0n) is 8.96. The number of hydrogen-bond donors (Lipinski definition) is 1. The molecule has 1 aromatic heterocycles. The predicted octanol–water partition coefficient (Wildman–Crippen LogP) is 1.18. The van der Waals surface area contributed by atoms with Gasteiger partial charge in [-0.05, 0) is 12.3 Å². The van der Waals surface area contributed by atoms with E-state index in [0.717, 1.165) is 5.56 Å². The van der Waals surface area contributed by atoms with E-state index in [9.17, 15) is 4.79 Å². The van der Waals surface area contributed by atoms with Crippen molar-refractivity contribution in [3.63, 3.8) is 0 Å². The molecule has 0 atom stereocenters. The van der Waals surface area contributed by atoms with Crippen molar-refractivity contribution < 1.29 is 4.79 Å². The number of carbonyl (C=O) groups excluding carboxylic acids is 1. The topological polar surface area (TPSA) is 68.9 Å². The second kappa shape index (κ2) is 3.36. The minimum Gasteiger partial charge on any atom is -0.364 e. The van der Waals surface area contributed by atoms with Crippen LogP contribution >= 0.6 is 0 Å². The molecule has 1 heterocycles. The first-order chi connectivity index (χ1) is 6.32. The molecule has 0 fully saturated rings. The van der Waals surface area contributed by atoms with Crippen molar-refractivity contribution in [1.82, 2.24) is 9.97 Å². The van der Waals surface area contributed by atoms with Gasteiger partial charge in [-0.15, -0.1) is 0 Å². The molecule has 0 aliphatic heterocycles. The Morgan fingerprint density at radius 2 is 2.00 bits per heavy atom. The van der Waals surface area contributed by atoms with Crippen LogP contribution in [0.2, 0.25) is 0 Å². The van der Waals surface area contributed by atoms with E-state index in [1.54, 1.807) is 13.1 Å². The van der Waals surface area contributed by atoms with Crippen LogP contribution in [-0.4, -0.2) is 15.9 Å². The van der Waals surface area contributed by atoms with Gasteiger partial charge in [-0.3, -0.25) is 4.79 Å². The van der Waals surface area contributed by atoms with Gasteiger partial charge >= 0.3 is 0 Å². The van der Waals surface area contributed by atoms with Gasteiger partial charge in [-0.2, -0.15) is 0 Å². The van der Waals surface area contributed by atoms with Gasteiger partial charge in [0.05, 0.1) is 0 Å². The first kappa shape index (κ1) is 10.6. The number of aromatic nitrogens is 2. The number of nitrogens with two attached hydrogens (primary N) is 1. The van der Waals surface area contributed by atoms with E-state index in [4.69, 9.17) is 5.73 Å². The van der Waals surface area contributed by atoms with Crippen molar-refractivity contribution in [2.45, 2.75) is 33.1 Å². The quantitative estimate of drug-likeness (QED) is 0.728. The first-order valence-electron chi connectivity index (χ1n) is 4.46. The van der Waals surface area contributed by atoms with Gasteiger partial charge in [-0.1, -0.05) is 20.8 Å². The van der Waals surface area contributed by atoms with Gasteiger partial charge in [0.15, 0.2) is 0 Å². The molecule has 14 heavy (non-hydrogen) atoms. The zero-order valence-corrected chi connectivity index (χ0v) is 8.96. The van der Waals surface area contributed by atoms with Crippen molar-refractivity contribution in [1.29, 1.82) is 0 Å². The lowest BCUT2D eigenvalue weighted by atomic mass is 9.86. The zero-order chi connectivity index (χ0) is 10.9. The Hall–Kier alpha value is -1.45. The summed E-state index contributed by atoms with van der Waals surface area (Å²) in [4.78, 5) is 19.3. The molecule has 0 bridgehead atoms. The van der Waals surface area contributed by atoms with E-state index in [-0.39, 0.29) is 5.41 Å². The van der Waals surface area contributed by atoms with Crippen LogP contribution in [0.15, 0.2) is 6.20 Å². The van der Waals surface area contributed by atoms with Crippen molar-refractivity contribution in [3.8, 4) is 0 Å². The molecule has 2 N–H and O–H groups in total. The van der Waals surface area contributed by atoms with Crippen LogP contribution in [0.3, 0.4) is 0 Å². The third-order valence-electron chi connectivity index (χ3n) is 1.95. The molecule has 1 aromatic rings. The maximum absolute atomic E-state index is 11.2. The number of hydrogen-bond acceptors (Lipinski definition) is 3. The van der Waals surface area contributed by atoms with Crippen LogP contribution in [-0.2, 0) is 5.41 Å². The highest BCUT2D eigenvalue weighted by atomic mass is 16.1. The highest BCUT2D eigenvalue weighted by Gasteiger charge is 2.22. The van der Waals surface area contributed by atoms with Gasteiger partial charge in [0.25, 0.3) is 5.91 Å². The van der Waals surface area contributed by atoms with Gasteiger partial charge in [0.2, 0.25) is 0 Å². The largest absolute Gasteiger partial charge is 0.364 e. The van der Waals surface area contributed by atoms with Crippen LogP contribution in [0.25, 0.3) is 0 Å². The highest BCUT2D eigenvalue weighted by molar-refractivity contribution is 5.92. The summed E-state index contributed by atoms with van der Waals surface area (Å²) in [5, 5.41) is 0. The number of primary amides is 1. The molecule has 0 aromatic carbocycles. The van der Waals surface area contributed by atoms with Gasteiger partial charge in [0.1, 0.15) is 11.5 Å². The fraction of sp³-hybridized carbons (Fsp3) is 0.500. The summed E-state index contributed by atoms with van der Waals surface area (Å²) < 4.78 is 0. The van der Waals surface area contributed by atoms with Crippen molar-refractivity contribution in [2.75, 3.05) is 0 Å². The van der Waals surface area contributed by atoms with Crippen LogP contribution in [0.5, 0.6) is 0 Å². The number of aryl methyl sites for hydroxylation is 1. The monoisotopic (exact) mass is 193 g/mol. The summed E-state index contributed by atoms with van der Waals surface area (Å²) in [6.45, 7) is 7.72. The summed E-state index contributed by atoms with van der Waals surface area (Å²) in [7, 11) is 0. The molecule has 0 saturated carbocycles. The summed E-state index contributed by atoms with van der Waals surface area (Å²) in [5.41, 5.74) is 6.19. The smallest absolute Gasteiger partial charge is 0.267 e. The van der Waals surface area contributed by atoms with E-state index in [1.165, 1.54) is 0 Å². The van der Waals surface area contributed by atoms with Gasteiger partial charge < -0.3 is 5.73 Å². The average Bonchev–Trinajstić information content (AvgIpc) is 2.01. The molecule has 4 nitrogen and oxygen atoms in total. The Morgan fingerprint density at radius 3 is 2.43 bits per heavy atom. The summed E-state index contributed by atoms with van der Waals surface area (Å²) in [6.07, 6.45) is 1.67. The first-order valence-corrected chi connectivity index (χ1v) is 4.46. The molecule has 76 valence electrons. The summed E-state index contributed by atoms with van der Waals surface area (Å²) >= 11 is 0. The molecular weight excluding hydrogens is 178 g/mol. The molecule has 0 aliphatic carbocycles. The second-order valence-corrected chi connectivity index (χ2v) is 4.29. The summed E-state index contributed by atoms with van der Waals surface area (Å²) in [6, 6.07) is 0. The van der Waals surface area contributed by atoms with Gasteiger partial charge in [0, 0.05) is 11.8 Å². The lowest BCUT2D eigenvalue weighted by Crippen LogP contribution is -2.23. The molecule has 0 radical (unpaired) electrons. The Bertz CT molecular complexity index is 366. The van der Waals surface area contributed by atoms with Crippen LogP contribution < -0.4 is 5.73 Å². The molecule has 1 amide bonds. The number of carbonyl (C=O) groups is 1. The SMILES string of the molecule is Cc1ncc(C(C)(C)C)c(C(N)=O)n1. The van der Waals surface area contributed by atoms with E-state index in [1.807, 2.05) is 20.8 Å². The predicted molar refractivity (Wildman–Crippen MR) is 54.0 cm³/mol. The van der Waals surface area contributed by atoms with E-state index < -0.39 is 5.91 Å². The fourth-order valence-electron chi connectivity index (χ4n) is 1.21. The summed E-state index contributed by atoms with van der Waals surface area (Å²) in [5.74, 6) is 0.0622. The normalized spacial score (nSPS) is 11.4. The number of rotatable bonds is 1. The second-order valence-electron chi connectivity index (χ2n) is 4.29. The molecule has 0 unspecified atom stereocenters. The number of amides is 1. The van der Waals surface area contributed by atoms with Crippen LogP contribution in [0, 0.1) is 6.92 Å². The maximum atomic E-state index is 11.2. The van der Waals surface area contributed by atoms with E-state index >= 15 is 0 Å².